The average molecular weight is 252 g/mol. The van der Waals surface area contributed by atoms with Crippen molar-refractivity contribution in [2.24, 2.45) is 11.8 Å². The van der Waals surface area contributed by atoms with Crippen LogP contribution in [-0.2, 0) is 0 Å². The van der Waals surface area contributed by atoms with Crippen LogP contribution < -0.4 is 0 Å². The van der Waals surface area contributed by atoms with E-state index in [1.165, 1.54) is 69.8 Å². The molecule has 0 N–H and O–H groups in total. The second-order valence-electron chi connectivity index (χ2n) is 6.20. The van der Waals surface area contributed by atoms with Crippen molar-refractivity contribution in [1.29, 1.82) is 0 Å². The van der Waals surface area contributed by atoms with Crippen LogP contribution in [0.2, 0.25) is 0 Å². The lowest BCUT2D eigenvalue weighted by molar-refractivity contribution is 0.327. The van der Waals surface area contributed by atoms with Gasteiger partial charge in [0.2, 0.25) is 0 Å². The van der Waals surface area contributed by atoms with Gasteiger partial charge in [-0.1, -0.05) is 78.4 Å². The highest BCUT2D eigenvalue weighted by Crippen LogP contribution is 2.24. The Labute approximate surface area is 116 Å². The van der Waals surface area contributed by atoms with E-state index in [-0.39, 0.29) is 0 Å². The first-order chi connectivity index (χ1) is 8.61. The lowest BCUT2D eigenvalue weighted by Gasteiger charge is -2.20. The molecule has 0 radical (unpaired) electrons. The van der Waals surface area contributed by atoms with Crippen LogP contribution >= 0.6 is 0 Å². The van der Waals surface area contributed by atoms with Crippen LogP contribution in [0.4, 0.5) is 0 Å². The molecule has 0 heterocycles. The molecule has 0 heteroatoms. The van der Waals surface area contributed by atoms with Gasteiger partial charge >= 0.3 is 0 Å². The minimum atomic E-state index is 0.890. The number of hydrogen-bond acceptors (Lipinski definition) is 0. The van der Waals surface area contributed by atoms with Gasteiger partial charge in [-0.25, -0.2) is 0 Å². The van der Waals surface area contributed by atoms with E-state index in [9.17, 15) is 0 Å². The van der Waals surface area contributed by atoms with E-state index < -0.39 is 0 Å². The molecular formula is C18H36. The molecule has 0 aliphatic carbocycles. The SMILES string of the molecule is C=C(CCCC)CCCC(C)C(C)CCCCC. The highest BCUT2D eigenvalue weighted by atomic mass is 14.2. The van der Waals surface area contributed by atoms with E-state index in [1.807, 2.05) is 0 Å². The second-order valence-corrected chi connectivity index (χ2v) is 6.20. The lowest BCUT2D eigenvalue weighted by atomic mass is 9.86. The molecule has 0 rings (SSSR count). The number of unbranched alkanes of at least 4 members (excludes halogenated alkanes) is 3. The maximum Gasteiger partial charge on any atom is -0.0323 e. The topological polar surface area (TPSA) is 0 Å². The Morgan fingerprint density at radius 3 is 1.83 bits per heavy atom. The zero-order valence-corrected chi connectivity index (χ0v) is 13.4. The summed E-state index contributed by atoms with van der Waals surface area (Å²) < 4.78 is 0. The first-order valence-electron chi connectivity index (χ1n) is 8.28. The van der Waals surface area contributed by atoms with Gasteiger partial charge in [-0.2, -0.15) is 0 Å². The monoisotopic (exact) mass is 252 g/mol. The van der Waals surface area contributed by atoms with Crippen molar-refractivity contribution < 1.29 is 0 Å². The first kappa shape index (κ1) is 17.7. The van der Waals surface area contributed by atoms with E-state index in [0.29, 0.717) is 0 Å². The fraction of sp³-hybridized carbons (Fsp3) is 0.889. The Bertz CT molecular complexity index is 192. The summed E-state index contributed by atoms with van der Waals surface area (Å²) in [5.41, 5.74) is 1.47. The quantitative estimate of drug-likeness (QED) is 0.266. The van der Waals surface area contributed by atoms with Crippen LogP contribution in [0, 0.1) is 11.8 Å². The highest BCUT2D eigenvalue weighted by molar-refractivity contribution is 4.93. The summed E-state index contributed by atoms with van der Waals surface area (Å²) in [6.45, 7) is 13.6. The van der Waals surface area contributed by atoms with E-state index in [1.54, 1.807) is 0 Å². The molecule has 0 aliphatic rings. The van der Waals surface area contributed by atoms with E-state index >= 15 is 0 Å². The van der Waals surface area contributed by atoms with Crippen molar-refractivity contribution in [3.8, 4) is 0 Å². The molecule has 0 aromatic rings. The Morgan fingerprint density at radius 2 is 1.28 bits per heavy atom. The molecule has 0 bridgehead atoms. The smallest absolute Gasteiger partial charge is 0.0323 e. The van der Waals surface area contributed by atoms with Gasteiger partial charge in [-0.15, -0.1) is 0 Å². The van der Waals surface area contributed by atoms with Gasteiger partial charge in [-0.3, -0.25) is 0 Å². The third kappa shape index (κ3) is 9.74. The molecule has 0 nitrogen and oxygen atoms in total. The molecule has 2 unspecified atom stereocenters. The minimum Gasteiger partial charge on any atom is -0.0999 e. The van der Waals surface area contributed by atoms with Gasteiger partial charge in [0.25, 0.3) is 0 Å². The summed E-state index contributed by atoms with van der Waals surface area (Å²) in [4.78, 5) is 0. The third-order valence-corrected chi connectivity index (χ3v) is 4.31. The van der Waals surface area contributed by atoms with Gasteiger partial charge in [-0.05, 0) is 37.5 Å². The Morgan fingerprint density at radius 1 is 0.778 bits per heavy atom. The van der Waals surface area contributed by atoms with Crippen LogP contribution in [0.15, 0.2) is 12.2 Å². The highest BCUT2D eigenvalue weighted by Gasteiger charge is 2.11. The van der Waals surface area contributed by atoms with E-state index in [2.05, 4.69) is 34.3 Å². The number of rotatable bonds is 12. The van der Waals surface area contributed by atoms with Crippen molar-refractivity contribution >= 4 is 0 Å². The molecule has 108 valence electrons. The molecule has 0 aliphatic heterocycles. The van der Waals surface area contributed by atoms with E-state index in [0.717, 1.165) is 11.8 Å². The molecule has 0 amide bonds. The number of allylic oxidation sites excluding steroid dienone is 1. The normalized spacial score (nSPS) is 14.4. The molecule has 0 spiro atoms. The second kappa shape index (κ2) is 11.8. The van der Waals surface area contributed by atoms with Gasteiger partial charge in [0.1, 0.15) is 0 Å². The van der Waals surface area contributed by atoms with Crippen molar-refractivity contribution in [3.05, 3.63) is 12.2 Å². The van der Waals surface area contributed by atoms with Crippen LogP contribution in [0.25, 0.3) is 0 Å². The van der Waals surface area contributed by atoms with Gasteiger partial charge in [0.05, 0.1) is 0 Å². The Balaban J connectivity index is 3.56. The van der Waals surface area contributed by atoms with Crippen molar-refractivity contribution in [3.63, 3.8) is 0 Å². The third-order valence-electron chi connectivity index (χ3n) is 4.31. The summed E-state index contributed by atoms with van der Waals surface area (Å²) >= 11 is 0. The Kier molecular flexibility index (Phi) is 11.6. The zero-order valence-electron chi connectivity index (χ0n) is 13.4. The van der Waals surface area contributed by atoms with Crippen molar-refractivity contribution in [2.45, 2.75) is 91.9 Å². The van der Waals surface area contributed by atoms with Crippen molar-refractivity contribution in [1.82, 2.24) is 0 Å². The summed E-state index contributed by atoms with van der Waals surface area (Å²) in [6.07, 6.45) is 13.5. The summed E-state index contributed by atoms with van der Waals surface area (Å²) in [5, 5.41) is 0. The average Bonchev–Trinajstić information content (AvgIpc) is 2.36. The number of hydrogen-bond donors (Lipinski definition) is 0. The van der Waals surface area contributed by atoms with Crippen LogP contribution in [-0.4, -0.2) is 0 Å². The van der Waals surface area contributed by atoms with Gasteiger partial charge in [0.15, 0.2) is 0 Å². The minimum absolute atomic E-state index is 0.890. The molecule has 2 atom stereocenters. The van der Waals surface area contributed by atoms with Crippen LogP contribution in [0.5, 0.6) is 0 Å². The maximum atomic E-state index is 4.19. The molecule has 18 heavy (non-hydrogen) atoms. The predicted octanol–water partition coefficient (Wildman–Crippen LogP) is 6.76. The zero-order chi connectivity index (χ0) is 13.8. The molecule has 0 fully saturated rings. The summed E-state index contributed by atoms with van der Waals surface area (Å²) in [5.74, 6) is 1.79. The van der Waals surface area contributed by atoms with Crippen molar-refractivity contribution in [2.75, 3.05) is 0 Å². The summed E-state index contributed by atoms with van der Waals surface area (Å²) in [7, 11) is 0. The molecular weight excluding hydrogens is 216 g/mol. The van der Waals surface area contributed by atoms with Crippen LogP contribution in [0.1, 0.15) is 91.9 Å². The molecule has 0 saturated carbocycles. The van der Waals surface area contributed by atoms with Gasteiger partial charge < -0.3 is 0 Å². The fourth-order valence-corrected chi connectivity index (χ4v) is 2.51. The predicted molar refractivity (Wildman–Crippen MR) is 85.0 cm³/mol. The first-order valence-corrected chi connectivity index (χ1v) is 8.28. The maximum absolute atomic E-state index is 4.19. The summed E-state index contributed by atoms with van der Waals surface area (Å²) in [6, 6.07) is 0. The molecule has 0 aromatic heterocycles. The largest absolute Gasteiger partial charge is 0.0999 e. The fourth-order valence-electron chi connectivity index (χ4n) is 2.51. The van der Waals surface area contributed by atoms with E-state index in [4.69, 9.17) is 0 Å². The standard InChI is InChI=1S/C18H36/c1-6-8-10-14-17(4)18(5)15-11-13-16(3)12-9-7-2/h17-18H,3,6-15H2,1-2,4-5H3. The molecule has 0 saturated heterocycles. The van der Waals surface area contributed by atoms with Crippen LogP contribution in [0.3, 0.4) is 0 Å². The Hall–Kier alpha value is -0.260. The molecule has 0 aromatic carbocycles. The lowest BCUT2D eigenvalue weighted by Crippen LogP contribution is -2.08. The van der Waals surface area contributed by atoms with Gasteiger partial charge in [0, 0.05) is 0 Å².